The third kappa shape index (κ3) is 3.58. The van der Waals surface area contributed by atoms with Crippen LogP contribution in [0.3, 0.4) is 0 Å². The number of aromatic amines is 1. The number of aromatic nitrogens is 3. The molecule has 6 nitrogen and oxygen atoms in total. The van der Waals surface area contributed by atoms with Crippen LogP contribution < -0.4 is 0 Å². The summed E-state index contributed by atoms with van der Waals surface area (Å²) in [7, 11) is 0. The van der Waals surface area contributed by atoms with E-state index in [-0.39, 0.29) is 17.7 Å². The Hall–Kier alpha value is -2.21. The first-order chi connectivity index (χ1) is 12.3. The third-order valence-electron chi connectivity index (χ3n) is 5.22. The van der Waals surface area contributed by atoms with Gasteiger partial charge in [-0.05, 0) is 25.7 Å². The number of carbonyl (C=O) groups excluding carboxylic acids is 1. The first kappa shape index (κ1) is 16.3. The maximum absolute atomic E-state index is 12.8. The van der Waals surface area contributed by atoms with Crippen molar-refractivity contribution in [1.29, 1.82) is 0 Å². The van der Waals surface area contributed by atoms with Gasteiger partial charge in [-0.15, -0.1) is 0 Å². The monoisotopic (exact) mass is 340 g/mol. The predicted molar refractivity (Wildman–Crippen MR) is 93.9 cm³/mol. The zero-order valence-corrected chi connectivity index (χ0v) is 14.4. The molecule has 0 saturated carbocycles. The molecule has 0 spiro atoms. The number of piperidine rings is 1. The molecule has 0 aliphatic carbocycles. The Balaban J connectivity index is 1.44. The Kier molecular flexibility index (Phi) is 4.78. The van der Waals surface area contributed by atoms with Gasteiger partial charge in [-0.2, -0.15) is 5.10 Å². The van der Waals surface area contributed by atoms with Gasteiger partial charge in [0.15, 0.2) is 5.82 Å². The predicted octanol–water partition coefficient (Wildman–Crippen LogP) is 2.60. The fourth-order valence-corrected chi connectivity index (χ4v) is 3.78. The minimum Gasteiger partial charge on any atom is -0.381 e. The van der Waals surface area contributed by atoms with Crippen LogP contribution in [0.4, 0.5) is 0 Å². The van der Waals surface area contributed by atoms with Gasteiger partial charge in [-0.1, -0.05) is 30.3 Å². The summed E-state index contributed by atoms with van der Waals surface area (Å²) >= 11 is 0. The van der Waals surface area contributed by atoms with Crippen LogP contribution in [0.2, 0.25) is 0 Å². The first-order valence-corrected chi connectivity index (χ1v) is 9.15. The van der Waals surface area contributed by atoms with E-state index in [1.54, 1.807) is 0 Å². The molecule has 1 N–H and O–H groups in total. The Bertz CT molecular complexity index is 709. The molecular formula is C19H24N4O2. The van der Waals surface area contributed by atoms with Gasteiger partial charge in [0.1, 0.15) is 5.82 Å². The molecule has 25 heavy (non-hydrogen) atoms. The molecule has 0 radical (unpaired) electrons. The molecule has 4 rings (SSSR count). The average molecular weight is 340 g/mol. The summed E-state index contributed by atoms with van der Waals surface area (Å²) in [6.07, 6.45) is 3.75. The molecule has 2 fully saturated rings. The van der Waals surface area contributed by atoms with Crippen molar-refractivity contribution in [3.63, 3.8) is 0 Å². The van der Waals surface area contributed by atoms with E-state index in [4.69, 9.17) is 4.74 Å². The van der Waals surface area contributed by atoms with Gasteiger partial charge in [0.2, 0.25) is 5.91 Å². The highest BCUT2D eigenvalue weighted by atomic mass is 16.5. The standard InChI is InChI=1S/C19H24N4O2/c24-19(15-8-11-25-12-9-15)23-10-4-7-16(13-23)18-20-17(21-22-18)14-5-2-1-3-6-14/h1-3,5-6,15-16H,4,7-13H2,(H,20,21,22)/t16-/m0/s1. The van der Waals surface area contributed by atoms with Gasteiger partial charge in [0.05, 0.1) is 0 Å². The van der Waals surface area contributed by atoms with Gasteiger partial charge in [0, 0.05) is 43.7 Å². The van der Waals surface area contributed by atoms with Gasteiger partial charge in [0.25, 0.3) is 0 Å². The number of amides is 1. The van der Waals surface area contributed by atoms with Gasteiger partial charge < -0.3 is 9.64 Å². The van der Waals surface area contributed by atoms with Gasteiger partial charge in [-0.25, -0.2) is 4.98 Å². The normalized spacial score (nSPS) is 22.1. The molecule has 2 aliphatic heterocycles. The molecule has 1 amide bonds. The van der Waals surface area contributed by atoms with Crippen LogP contribution in [-0.4, -0.2) is 52.3 Å². The fraction of sp³-hybridized carbons (Fsp3) is 0.526. The Morgan fingerprint density at radius 1 is 1.16 bits per heavy atom. The van der Waals surface area contributed by atoms with E-state index in [1.165, 1.54) is 0 Å². The summed E-state index contributed by atoms with van der Waals surface area (Å²) in [5.74, 6) is 2.27. The maximum Gasteiger partial charge on any atom is 0.225 e. The fourth-order valence-electron chi connectivity index (χ4n) is 3.78. The zero-order valence-electron chi connectivity index (χ0n) is 14.4. The molecule has 3 heterocycles. The number of ether oxygens (including phenoxy) is 1. The number of likely N-dealkylation sites (tertiary alicyclic amines) is 1. The van der Waals surface area contributed by atoms with Crippen molar-refractivity contribution >= 4 is 5.91 Å². The van der Waals surface area contributed by atoms with Crippen molar-refractivity contribution in [2.24, 2.45) is 5.92 Å². The highest BCUT2D eigenvalue weighted by molar-refractivity contribution is 5.79. The van der Waals surface area contributed by atoms with Crippen molar-refractivity contribution in [2.75, 3.05) is 26.3 Å². The van der Waals surface area contributed by atoms with Crippen molar-refractivity contribution in [1.82, 2.24) is 20.1 Å². The molecule has 0 unspecified atom stereocenters. The lowest BCUT2D eigenvalue weighted by Crippen LogP contribution is -2.43. The second-order valence-electron chi connectivity index (χ2n) is 6.92. The number of nitrogens with one attached hydrogen (secondary N) is 1. The minimum atomic E-state index is 0.127. The van der Waals surface area contributed by atoms with E-state index >= 15 is 0 Å². The summed E-state index contributed by atoms with van der Waals surface area (Å²) in [5, 5.41) is 7.46. The number of nitrogens with zero attached hydrogens (tertiary/aromatic N) is 3. The highest BCUT2D eigenvalue weighted by Gasteiger charge is 2.31. The lowest BCUT2D eigenvalue weighted by Gasteiger charge is -2.35. The Labute approximate surface area is 147 Å². The van der Waals surface area contributed by atoms with Crippen LogP contribution >= 0.6 is 0 Å². The lowest BCUT2D eigenvalue weighted by atomic mass is 9.93. The van der Waals surface area contributed by atoms with E-state index in [9.17, 15) is 4.79 Å². The van der Waals surface area contributed by atoms with Crippen molar-refractivity contribution in [3.05, 3.63) is 36.2 Å². The zero-order chi connectivity index (χ0) is 17.1. The smallest absolute Gasteiger partial charge is 0.225 e. The largest absolute Gasteiger partial charge is 0.381 e. The Morgan fingerprint density at radius 3 is 2.76 bits per heavy atom. The molecular weight excluding hydrogens is 316 g/mol. The molecule has 2 saturated heterocycles. The number of rotatable bonds is 3. The topological polar surface area (TPSA) is 71.1 Å². The van der Waals surface area contributed by atoms with Crippen LogP contribution in [0, 0.1) is 5.92 Å². The van der Waals surface area contributed by atoms with Crippen LogP contribution in [0.25, 0.3) is 11.4 Å². The number of H-pyrrole nitrogens is 1. The number of hydrogen-bond donors (Lipinski definition) is 1. The van der Waals surface area contributed by atoms with E-state index < -0.39 is 0 Å². The summed E-state index contributed by atoms with van der Waals surface area (Å²) in [6.45, 7) is 3.00. The van der Waals surface area contributed by atoms with Crippen LogP contribution in [0.5, 0.6) is 0 Å². The maximum atomic E-state index is 12.8. The second-order valence-corrected chi connectivity index (χ2v) is 6.92. The Morgan fingerprint density at radius 2 is 1.96 bits per heavy atom. The molecule has 2 aromatic rings. The average Bonchev–Trinajstić information content (AvgIpc) is 3.19. The molecule has 2 aliphatic rings. The summed E-state index contributed by atoms with van der Waals surface area (Å²) in [4.78, 5) is 19.5. The molecule has 132 valence electrons. The number of hydrogen-bond acceptors (Lipinski definition) is 4. The van der Waals surface area contributed by atoms with E-state index in [0.29, 0.717) is 13.2 Å². The minimum absolute atomic E-state index is 0.127. The number of benzene rings is 1. The molecule has 1 aromatic carbocycles. The first-order valence-electron chi connectivity index (χ1n) is 9.15. The van der Waals surface area contributed by atoms with Crippen molar-refractivity contribution in [2.45, 2.75) is 31.6 Å². The van der Waals surface area contributed by atoms with Crippen LogP contribution in [0.1, 0.15) is 37.4 Å². The number of carbonyl (C=O) groups is 1. The van der Waals surface area contributed by atoms with E-state index in [1.807, 2.05) is 35.2 Å². The molecule has 6 heteroatoms. The SMILES string of the molecule is O=C(C1CCOCC1)N1CCC[C@H](c2nc(-c3ccccc3)n[nH]2)C1. The highest BCUT2D eigenvalue weighted by Crippen LogP contribution is 2.28. The summed E-state index contributed by atoms with van der Waals surface area (Å²) < 4.78 is 5.38. The van der Waals surface area contributed by atoms with Gasteiger partial charge in [-0.3, -0.25) is 9.89 Å². The summed E-state index contributed by atoms with van der Waals surface area (Å²) in [6, 6.07) is 9.97. The third-order valence-corrected chi connectivity index (χ3v) is 5.22. The lowest BCUT2D eigenvalue weighted by molar-refractivity contribution is -0.139. The van der Waals surface area contributed by atoms with Gasteiger partial charge >= 0.3 is 0 Å². The quantitative estimate of drug-likeness (QED) is 0.932. The van der Waals surface area contributed by atoms with Crippen molar-refractivity contribution < 1.29 is 9.53 Å². The van der Waals surface area contributed by atoms with Crippen molar-refractivity contribution in [3.8, 4) is 11.4 Å². The second kappa shape index (κ2) is 7.35. The molecule has 0 bridgehead atoms. The van der Waals surface area contributed by atoms with E-state index in [2.05, 4.69) is 15.2 Å². The van der Waals surface area contributed by atoms with E-state index in [0.717, 1.165) is 56.0 Å². The molecule has 1 atom stereocenters. The molecule has 1 aromatic heterocycles. The summed E-state index contributed by atoms with van der Waals surface area (Å²) in [5.41, 5.74) is 1.01. The van der Waals surface area contributed by atoms with Crippen LogP contribution in [0.15, 0.2) is 30.3 Å². The van der Waals surface area contributed by atoms with Crippen LogP contribution in [-0.2, 0) is 9.53 Å².